The van der Waals surface area contributed by atoms with E-state index in [0.29, 0.717) is 31.0 Å². The predicted molar refractivity (Wildman–Crippen MR) is 103 cm³/mol. The molecule has 1 N–H and O–H groups in total. The largest absolute Gasteiger partial charge is 0.481 e. The van der Waals surface area contributed by atoms with Crippen LogP contribution in [0.1, 0.15) is 70.3 Å². The van der Waals surface area contributed by atoms with E-state index in [1.165, 1.54) is 17.1 Å². The fourth-order valence-corrected chi connectivity index (χ4v) is 5.46. The van der Waals surface area contributed by atoms with Gasteiger partial charge in [0.05, 0.1) is 10.8 Å². The first kappa shape index (κ1) is 20.9. The molecule has 2 rings (SSSR count). The molecule has 1 aliphatic rings. The molecule has 6 heteroatoms. The Morgan fingerprint density at radius 2 is 1.65 bits per heavy atom. The van der Waals surface area contributed by atoms with Crippen LogP contribution in [-0.4, -0.2) is 36.9 Å². The summed E-state index contributed by atoms with van der Waals surface area (Å²) < 4.78 is 27.1. The lowest BCUT2D eigenvalue weighted by atomic mass is 9.88. The molecular formula is C20H31NO4S. The Bertz CT molecular complexity index is 672. The lowest BCUT2D eigenvalue weighted by molar-refractivity contribution is -0.139. The summed E-state index contributed by atoms with van der Waals surface area (Å²) in [6.45, 7) is 4.91. The molecule has 26 heavy (non-hydrogen) atoms. The summed E-state index contributed by atoms with van der Waals surface area (Å²) in [5, 5.41) is 9.62. The minimum Gasteiger partial charge on any atom is -0.481 e. The lowest BCUT2D eigenvalue weighted by Crippen LogP contribution is -2.32. The van der Waals surface area contributed by atoms with Gasteiger partial charge in [-0.05, 0) is 42.9 Å². The highest BCUT2D eigenvalue weighted by molar-refractivity contribution is 7.89. The van der Waals surface area contributed by atoms with Crippen molar-refractivity contribution in [2.75, 3.05) is 13.1 Å². The van der Waals surface area contributed by atoms with Gasteiger partial charge in [-0.25, -0.2) is 8.42 Å². The Hall–Kier alpha value is -1.40. The van der Waals surface area contributed by atoms with Gasteiger partial charge in [-0.1, -0.05) is 51.7 Å². The zero-order valence-electron chi connectivity index (χ0n) is 15.9. The quantitative estimate of drug-likeness (QED) is 0.657. The molecule has 0 aliphatic heterocycles. The molecule has 0 radical (unpaired) electrons. The maximum absolute atomic E-state index is 12.8. The summed E-state index contributed by atoms with van der Waals surface area (Å²) in [7, 11) is -3.52. The van der Waals surface area contributed by atoms with Crippen LogP contribution in [0.2, 0.25) is 0 Å². The van der Waals surface area contributed by atoms with Crippen LogP contribution in [0.3, 0.4) is 0 Å². The summed E-state index contributed by atoms with van der Waals surface area (Å²) in [6.07, 6.45) is 6.72. The van der Waals surface area contributed by atoms with E-state index in [0.717, 1.165) is 25.7 Å². The Balaban J connectivity index is 2.20. The van der Waals surface area contributed by atoms with Gasteiger partial charge in [0.1, 0.15) is 0 Å². The molecule has 0 saturated heterocycles. The molecule has 0 spiro atoms. The van der Waals surface area contributed by atoms with E-state index in [-0.39, 0.29) is 4.90 Å². The van der Waals surface area contributed by atoms with Crippen LogP contribution in [0.25, 0.3) is 0 Å². The van der Waals surface area contributed by atoms with Crippen molar-refractivity contribution in [1.29, 1.82) is 0 Å². The van der Waals surface area contributed by atoms with Crippen LogP contribution in [0, 0.1) is 5.92 Å². The summed E-state index contributed by atoms with van der Waals surface area (Å²) in [5.74, 6) is -0.924. The van der Waals surface area contributed by atoms with E-state index in [2.05, 4.69) is 0 Å². The van der Waals surface area contributed by atoms with Crippen molar-refractivity contribution in [3.8, 4) is 0 Å². The van der Waals surface area contributed by atoms with Gasteiger partial charge < -0.3 is 5.11 Å². The Morgan fingerprint density at radius 1 is 1.12 bits per heavy atom. The number of nitrogens with zero attached hydrogens (tertiary/aromatic N) is 1. The van der Waals surface area contributed by atoms with Crippen LogP contribution in [0.4, 0.5) is 0 Å². The molecule has 0 amide bonds. The van der Waals surface area contributed by atoms with Crippen molar-refractivity contribution in [2.24, 2.45) is 5.92 Å². The third-order valence-electron chi connectivity index (χ3n) is 5.21. The molecular weight excluding hydrogens is 350 g/mol. The van der Waals surface area contributed by atoms with E-state index in [1.807, 2.05) is 13.8 Å². The van der Waals surface area contributed by atoms with Gasteiger partial charge in [0.2, 0.25) is 10.0 Å². The number of carboxylic acid groups (broad SMARTS) is 1. The average molecular weight is 382 g/mol. The number of sulfonamides is 1. The van der Waals surface area contributed by atoms with Crippen LogP contribution in [-0.2, 0) is 14.8 Å². The van der Waals surface area contributed by atoms with E-state index in [4.69, 9.17) is 0 Å². The Kier molecular flexibility index (Phi) is 7.65. The van der Waals surface area contributed by atoms with Crippen molar-refractivity contribution >= 4 is 16.0 Å². The highest BCUT2D eigenvalue weighted by Crippen LogP contribution is 2.34. The second-order valence-corrected chi connectivity index (χ2v) is 9.19. The third kappa shape index (κ3) is 5.07. The van der Waals surface area contributed by atoms with Gasteiger partial charge in [-0.3, -0.25) is 4.79 Å². The molecule has 0 bridgehead atoms. The summed E-state index contributed by atoms with van der Waals surface area (Å²) in [4.78, 5) is 12.0. The smallest absolute Gasteiger partial charge is 0.310 e. The standard InChI is InChI=1S/C20H31NO4S/c1-3-13-21(14-4-2)26(24,25)18-11-9-17(10-12-18)19(20(22)23)15-16-7-5-6-8-16/h9-12,16,19H,3-8,13-15H2,1-2H3,(H,22,23). The number of carbonyl (C=O) groups is 1. The second-order valence-electron chi connectivity index (χ2n) is 7.25. The average Bonchev–Trinajstić information content (AvgIpc) is 3.12. The maximum Gasteiger partial charge on any atom is 0.310 e. The molecule has 1 aliphatic carbocycles. The van der Waals surface area contributed by atoms with Gasteiger partial charge in [0.25, 0.3) is 0 Å². The number of rotatable bonds is 10. The van der Waals surface area contributed by atoms with Gasteiger partial charge in [0, 0.05) is 13.1 Å². The number of hydrogen-bond acceptors (Lipinski definition) is 3. The minimum absolute atomic E-state index is 0.244. The zero-order valence-corrected chi connectivity index (χ0v) is 16.7. The molecule has 146 valence electrons. The van der Waals surface area contributed by atoms with Crippen LogP contribution in [0.15, 0.2) is 29.2 Å². The van der Waals surface area contributed by atoms with Crippen molar-refractivity contribution in [2.45, 2.75) is 69.6 Å². The summed E-state index contributed by atoms with van der Waals surface area (Å²) >= 11 is 0. The van der Waals surface area contributed by atoms with Gasteiger partial charge in [-0.15, -0.1) is 0 Å². The summed E-state index contributed by atoms with van der Waals surface area (Å²) in [6, 6.07) is 6.48. The Labute approximate surface area is 157 Å². The number of aliphatic carboxylic acids is 1. The van der Waals surface area contributed by atoms with Gasteiger partial charge in [-0.2, -0.15) is 4.31 Å². The molecule has 1 saturated carbocycles. The van der Waals surface area contributed by atoms with Gasteiger partial charge in [0.15, 0.2) is 0 Å². The van der Waals surface area contributed by atoms with Crippen molar-refractivity contribution < 1.29 is 18.3 Å². The first-order valence-corrected chi connectivity index (χ1v) is 11.2. The van der Waals surface area contributed by atoms with Crippen LogP contribution < -0.4 is 0 Å². The third-order valence-corrected chi connectivity index (χ3v) is 7.12. The molecule has 1 fully saturated rings. The lowest BCUT2D eigenvalue weighted by Gasteiger charge is -2.22. The molecule has 1 atom stereocenters. The van der Waals surface area contributed by atoms with E-state index < -0.39 is 21.9 Å². The van der Waals surface area contributed by atoms with Gasteiger partial charge >= 0.3 is 5.97 Å². The first-order chi connectivity index (χ1) is 12.4. The van der Waals surface area contributed by atoms with Crippen LogP contribution >= 0.6 is 0 Å². The first-order valence-electron chi connectivity index (χ1n) is 9.73. The number of hydrogen-bond donors (Lipinski definition) is 1. The van der Waals surface area contributed by atoms with Crippen LogP contribution in [0.5, 0.6) is 0 Å². The second kappa shape index (κ2) is 9.51. The van der Waals surface area contributed by atoms with E-state index in [9.17, 15) is 18.3 Å². The summed E-state index contributed by atoms with van der Waals surface area (Å²) in [5.41, 5.74) is 0.695. The Morgan fingerprint density at radius 3 is 2.12 bits per heavy atom. The topological polar surface area (TPSA) is 74.7 Å². The van der Waals surface area contributed by atoms with Crippen molar-refractivity contribution in [1.82, 2.24) is 4.31 Å². The molecule has 1 unspecified atom stereocenters. The highest BCUT2D eigenvalue weighted by Gasteiger charge is 2.28. The SMILES string of the molecule is CCCN(CCC)S(=O)(=O)c1ccc(C(CC2CCCC2)C(=O)O)cc1. The fourth-order valence-electron chi connectivity index (χ4n) is 3.83. The molecule has 0 aromatic heterocycles. The van der Waals surface area contributed by atoms with E-state index >= 15 is 0 Å². The number of benzene rings is 1. The molecule has 5 nitrogen and oxygen atoms in total. The predicted octanol–water partition coefficient (Wildman–Crippen LogP) is 4.25. The monoisotopic (exact) mass is 381 g/mol. The molecule has 1 aromatic carbocycles. The fraction of sp³-hybridized carbons (Fsp3) is 0.650. The number of carboxylic acids is 1. The minimum atomic E-state index is -3.52. The molecule has 0 heterocycles. The van der Waals surface area contributed by atoms with E-state index in [1.54, 1.807) is 24.3 Å². The van der Waals surface area contributed by atoms with Crippen molar-refractivity contribution in [3.63, 3.8) is 0 Å². The maximum atomic E-state index is 12.8. The normalized spacial score (nSPS) is 16.9. The van der Waals surface area contributed by atoms with Crippen molar-refractivity contribution in [3.05, 3.63) is 29.8 Å². The molecule has 1 aromatic rings. The zero-order chi connectivity index (χ0) is 19.2. The highest BCUT2D eigenvalue weighted by atomic mass is 32.2.